The molecule has 1 aromatic rings. The molecule has 3 rings (SSSR count). The van der Waals surface area contributed by atoms with Crippen molar-refractivity contribution >= 4 is 40.9 Å². The van der Waals surface area contributed by atoms with E-state index in [9.17, 15) is 4.79 Å². The van der Waals surface area contributed by atoms with Crippen LogP contribution >= 0.6 is 35.0 Å². The average Bonchev–Trinajstić information content (AvgIpc) is 2.82. The third kappa shape index (κ3) is 2.56. The molecule has 20 heavy (non-hydrogen) atoms. The van der Waals surface area contributed by atoms with Crippen molar-refractivity contribution in [1.29, 1.82) is 0 Å². The molecule has 0 amide bonds. The molecule has 0 N–H and O–H groups in total. The van der Waals surface area contributed by atoms with Crippen LogP contribution in [-0.4, -0.2) is 23.6 Å². The lowest BCUT2D eigenvalue weighted by molar-refractivity contribution is -0.146. The molecule has 0 saturated carbocycles. The highest BCUT2D eigenvalue weighted by Gasteiger charge is 2.47. The molecule has 2 aliphatic heterocycles. The molecule has 2 fully saturated rings. The molecule has 0 aromatic heterocycles. The molecule has 2 heterocycles. The standard InChI is InChI=1S/C15H16Cl2O2S/c1-19-15(18)14-10(7-9-3-5-13(14)20-9)8-2-4-11(16)12(17)6-8/h2,4,6,9-10,13-14H,3,5,7H2,1H3/t9?,10-,13-,14+/m1/s1. The van der Waals surface area contributed by atoms with E-state index >= 15 is 0 Å². The summed E-state index contributed by atoms with van der Waals surface area (Å²) in [6.07, 6.45) is 3.31. The Morgan fingerprint density at radius 1 is 1.30 bits per heavy atom. The van der Waals surface area contributed by atoms with Crippen LogP contribution in [0.5, 0.6) is 0 Å². The second-order valence-corrected chi connectivity index (χ2v) is 7.80. The van der Waals surface area contributed by atoms with Crippen molar-refractivity contribution in [2.24, 2.45) is 5.92 Å². The van der Waals surface area contributed by atoms with Crippen molar-refractivity contribution in [2.45, 2.75) is 35.7 Å². The molecule has 0 aliphatic carbocycles. The first-order valence-corrected chi connectivity index (χ1v) is 8.48. The lowest BCUT2D eigenvalue weighted by atomic mass is 9.81. The van der Waals surface area contributed by atoms with Gasteiger partial charge in [0.1, 0.15) is 0 Å². The third-order valence-electron chi connectivity index (χ3n) is 4.34. The van der Waals surface area contributed by atoms with E-state index in [1.807, 2.05) is 30.0 Å². The van der Waals surface area contributed by atoms with Crippen LogP contribution in [0.4, 0.5) is 0 Å². The number of fused-ring (bicyclic) bond motifs is 2. The number of rotatable bonds is 2. The van der Waals surface area contributed by atoms with Crippen LogP contribution in [-0.2, 0) is 9.53 Å². The van der Waals surface area contributed by atoms with Gasteiger partial charge in [-0.05, 0) is 42.9 Å². The Bertz CT molecular complexity index is 535. The lowest BCUT2D eigenvalue weighted by Crippen LogP contribution is -2.35. The van der Waals surface area contributed by atoms with Crippen LogP contribution in [0, 0.1) is 5.92 Å². The zero-order valence-corrected chi connectivity index (χ0v) is 13.5. The minimum absolute atomic E-state index is 0.0685. The molecule has 108 valence electrons. The van der Waals surface area contributed by atoms with Gasteiger partial charge in [-0.1, -0.05) is 29.3 Å². The number of hydrogen-bond acceptors (Lipinski definition) is 3. The van der Waals surface area contributed by atoms with E-state index in [-0.39, 0.29) is 17.8 Å². The zero-order valence-electron chi connectivity index (χ0n) is 11.1. The fraction of sp³-hybridized carbons (Fsp3) is 0.533. The van der Waals surface area contributed by atoms with Gasteiger partial charge in [0.2, 0.25) is 0 Å². The lowest BCUT2D eigenvalue weighted by Gasteiger charge is -2.34. The summed E-state index contributed by atoms with van der Waals surface area (Å²) < 4.78 is 5.03. The normalized spacial score (nSPS) is 32.1. The van der Waals surface area contributed by atoms with E-state index in [1.54, 1.807) is 0 Å². The maximum absolute atomic E-state index is 12.2. The molecular weight excluding hydrogens is 315 g/mol. The first-order valence-electron chi connectivity index (χ1n) is 6.78. The van der Waals surface area contributed by atoms with Crippen molar-refractivity contribution in [3.05, 3.63) is 33.8 Å². The molecule has 2 bridgehead atoms. The highest BCUT2D eigenvalue weighted by atomic mass is 35.5. The van der Waals surface area contributed by atoms with Crippen LogP contribution in [0.15, 0.2) is 18.2 Å². The summed E-state index contributed by atoms with van der Waals surface area (Å²) in [6.45, 7) is 0. The smallest absolute Gasteiger partial charge is 0.310 e. The van der Waals surface area contributed by atoms with Gasteiger partial charge in [0.25, 0.3) is 0 Å². The Hall–Kier alpha value is -0.380. The Morgan fingerprint density at radius 3 is 2.80 bits per heavy atom. The van der Waals surface area contributed by atoms with Crippen LogP contribution in [0.3, 0.4) is 0 Å². The molecule has 2 saturated heterocycles. The van der Waals surface area contributed by atoms with Crippen molar-refractivity contribution in [1.82, 2.24) is 0 Å². The number of methoxy groups -OCH3 is 1. The third-order valence-corrected chi connectivity index (χ3v) is 6.77. The molecule has 2 nitrogen and oxygen atoms in total. The highest BCUT2D eigenvalue weighted by molar-refractivity contribution is 8.00. The monoisotopic (exact) mass is 330 g/mol. The Labute approximate surface area is 133 Å². The molecule has 1 aromatic carbocycles. The van der Waals surface area contributed by atoms with Crippen molar-refractivity contribution < 1.29 is 9.53 Å². The summed E-state index contributed by atoms with van der Waals surface area (Å²) in [4.78, 5) is 12.2. The number of hydrogen-bond donors (Lipinski definition) is 0. The highest BCUT2D eigenvalue weighted by Crippen LogP contribution is 2.53. The number of halogens is 2. The zero-order chi connectivity index (χ0) is 14.3. The topological polar surface area (TPSA) is 26.3 Å². The second kappa shape index (κ2) is 5.78. The number of carbonyl (C=O) groups excluding carboxylic acids is 1. The Balaban J connectivity index is 1.96. The quantitative estimate of drug-likeness (QED) is 0.745. The Morgan fingerprint density at radius 2 is 2.10 bits per heavy atom. The predicted octanol–water partition coefficient (Wildman–Crippen LogP) is 4.53. The van der Waals surface area contributed by atoms with Gasteiger partial charge in [0.05, 0.1) is 23.1 Å². The van der Waals surface area contributed by atoms with E-state index < -0.39 is 0 Å². The van der Waals surface area contributed by atoms with Crippen LogP contribution in [0.25, 0.3) is 0 Å². The molecular formula is C15H16Cl2O2S. The van der Waals surface area contributed by atoms with Crippen LogP contribution in [0.2, 0.25) is 10.0 Å². The largest absolute Gasteiger partial charge is 0.469 e. The summed E-state index contributed by atoms with van der Waals surface area (Å²) in [6, 6.07) is 5.71. The maximum atomic E-state index is 12.2. The SMILES string of the molecule is COC(=O)[C@H]1[C@@H](c2ccc(Cl)c(Cl)c2)CC2CC[C@H]1S2. The van der Waals surface area contributed by atoms with Gasteiger partial charge in [0.15, 0.2) is 0 Å². The van der Waals surface area contributed by atoms with Gasteiger partial charge < -0.3 is 4.74 Å². The molecule has 1 unspecified atom stereocenters. The molecule has 0 spiro atoms. The number of benzene rings is 1. The summed E-state index contributed by atoms with van der Waals surface area (Å²) in [7, 11) is 1.47. The first-order chi connectivity index (χ1) is 9.60. The van der Waals surface area contributed by atoms with Gasteiger partial charge in [-0.2, -0.15) is 11.8 Å². The second-order valence-electron chi connectivity index (χ2n) is 5.44. The fourth-order valence-corrected chi connectivity index (χ4v) is 5.53. The number of esters is 1. The van der Waals surface area contributed by atoms with E-state index in [0.29, 0.717) is 20.5 Å². The summed E-state index contributed by atoms with van der Waals surface area (Å²) in [5.41, 5.74) is 1.10. The van der Waals surface area contributed by atoms with Crippen LogP contribution in [0.1, 0.15) is 30.7 Å². The van der Waals surface area contributed by atoms with Gasteiger partial charge in [-0.15, -0.1) is 0 Å². The maximum Gasteiger partial charge on any atom is 0.310 e. The van der Waals surface area contributed by atoms with Crippen molar-refractivity contribution in [3.8, 4) is 0 Å². The van der Waals surface area contributed by atoms with E-state index in [2.05, 4.69) is 0 Å². The molecule has 5 heteroatoms. The summed E-state index contributed by atoms with van der Waals surface area (Å²) in [5, 5.41) is 2.14. The first kappa shape index (κ1) is 14.6. The predicted molar refractivity (Wildman–Crippen MR) is 83.7 cm³/mol. The fourth-order valence-electron chi connectivity index (χ4n) is 3.40. The van der Waals surface area contributed by atoms with Crippen LogP contribution < -0.4 is 0 Å². The van der Waals surface area contributed by atoms with Gasteiger partial charge >= 0.3 is 5.97 Å². The molecule has 4 atom stereocenters. The Kier molecular flexibility index (Phi) is 4.21. The minimum atomic E-state index is -0.0982. The van der Waals surface area contributed by atoms with Gasteiger partial charge in [0, 0.05) is 10.5 Å². The summed E-state index contributed by atoms with van der Waals surface area (Å²) in [5.74, 6) is 0.0240. The number of thioether (sulfide) groups is 1. The number of carbonyl (C=O) groups is 1. The van der Waals surface area contributed by atoms with Crippen molar-refractivity contribution in [2.75, 3.05) is 7.11 Å². The van der Waals surface area contributed by atoms with Gasteiger partial charge in [-0.25, -0.2) is 0 Å². The van der Waals surface area contributed by atoms with Crippen molar-refractivity contribution in [3.63, 3.8) is 0 Å². The minimum Gasteiger partial charge on any atom is -0.469 e. The van der Waals surface area contributed by atoms with Gasteiger partial charge in [-0.3, -0.25) is 4.79 Å². The van der Waals surface area contributed by atoms with E-state index in [1.165, 1.54) is 13.5 Å². The summed E-state index contributed by atoms with van der Waals surface area (Å²) >= 11 is 14.1. The van der Waals surface area contributed by atoms with E-state index in [4.69, 9.17) is 27.9 Å². The average molecular weight is 331 g/mol. The molecule has 2 aliphatic rings. The van der Waals surface area contributed by atoms with E-state index in [0.717, 1.165) is 18.4 Å². The number of ether oxygens (including phenoxy) is 1. The molecule has 0 radical (unpaired) electrons.